The highest BCUT2D eigenvalue weighted by molar-refractivity contribution is 5.40. The van der Waals surface area contributed by atoms with Gasteiger partial charge in [-0.1, -0.05) is 0 Å². The average Bonchev–Trinajstić information content (AvgIpc) is 2.33. The minimum atomic E-state index is 0.118. The molecule has 1 aliphatic rings. The fourth-order valence-corrected chi connectivity index (χ4v) is 2.06. The topological polar surface area (TPSA) is 47.9 Å². The fraction of sp³-hybridized carbons (Fsp3) is 0.571. The highest BCUT2D eigenvalue weighted by Crippen LogP contribution is 2.27. The van der Waals surface area contributed by atoms with Crippen molar-refractivity contribution >= 4 is 0 Å². The molecule has 0 bridgehead atoms. The van der Waals surface area contributed by atoms with Crippen LogP contribution in [0.4, 0.5) is 0 Å². The van der Waals surface area contributed by atoms with Crippen LogP contribution in [0.2, 0.25) is 0 Å². The van der Waals surface area contributed by atoms with Gasteiger partial charge in [0.05, 0.1) is 19.3 Å². The van der Waals surface area contributed by atoms with E-state index in [2.05, 4.69) is 0 Å². The van der Waals surface area contributed by atoms with E-state index in [1.165, 1.54) is 0 Å². The summed E-state index contributed by atoms with van der Waals surface area (Å²) in [5, 5.41) is 9.58. The van der Waals surface area contributed by atoms with Gasteiger partial charge in [0, 0.05) is 5.92 Å². The molecule has 1 heterocycles. The molecule has 0 aromatic heterocycles. The van der Waals surface area contributed by atoms with Gasteiger partial charge in [-0.3, -0.25) is 0 Å². The summed E-state index contributed by atoms with van der Waals surface area (Å²) < 4.78 is 16.3. The van der Waals surface area contributed by atoms with Gasteiger partial charge in [-0.15, -0.1) is 0 Å². The molecule has 1 N–H and O–H groups in total. The van der Waals surface area contributed by atoms with Crippen LogP contribution < -0.4 is 4.74 Å². The molecule has 1 fully saturated rings. The zero-order valence-electron chi connectivity index (χ0n) is 10.9. The van der Waals surface area contributed by atoms with E-state index in [0.717, 1.165) is 17.7 Å². The molecule has 0 unspecified atom stereocenters. The van der Waals surface area contributed by atoms with Crippen LogP contribution in [0.15, 0.2) is 18.2 Å². The summed E-state index contributed by atoms with van der Waals surface area (Å²) in [5.74, 6) is 1.40. The van der Waals surface area contributed by atoms with Crippen molar-refractivity contribution in [2.45, 2.75) is 26.4 Å². The van der Waals surface area contributed by atoms with Crippen LogP contribution in [0.25, 0.3) is 0 Å². The summed E-state index contributed by atoms with van der Waals surface area (Å²) in [6.45, 7) is 5.74. The van der Waals surface area contributed by atoms with E-state index >= 15 is 0 Å². The molecule has 100 valence electrons. The Bertz CT molecular complexity index is 383. The molecule has 0 atom stereocenters. The second kappa shape index (κ2) is 6.07. The van der Waals surface area contributed by atoms with Crippen molar-refractivity contribution in [2.24, 2.45) is 5.92 Å². The standard InChI is InChI=1S/C14H20O4/c1-10(2)18-14-4-3-13(15)6-12(14)5-11-7-16-9-17-8-11/h3-4,6,10-11,15H,5,7-9H2,1-2H3. The van der Waals surface area contributed by atoms with Crippen molar-refractivity contribution < 1.29 is 19.3 Å². The maximum absolute atomic E-state index is 9.58. The maximum atomic E-state index is 9.58. The lowest BCUT2D eigenvalue weighted by atomic mass is 9.99. The molecule has 1 aromatic carbocycles. The molecule has 1 saturated heterocycles. The van der Waals surface area contributed by atoms with Crippen molar-refractivity contribution in [3.63, 3.8) is 0 Å². The van der Waals surface area contributed by atoms with Gasteiger partial charge in [-0.2, -0.15) is 0 Å². The molecule has 1 aliphatic heterocycles. The van der Waals surface area contributed by atoms with Gasteiger partial charge in [0.15, 0.2) is 0 Å². The molecular formula is C14H20O4. The third kappa shape index (κ3) is 3.62. The Balaban J connectivity index is 2.10. The molecule has 2 rings (SSSR count). The van der Waals surface area contributed by atoms with Crippen molar-refractivity contribution in [1.29, 1.82) is 0 Å². The normalized spacial score (nSPS) is 17.1. The second-order valence-corrected chi connectivity index (χ2v) is 4.89. The Morgan fingerprint density at radius 1 is 1.33 bits per heavy atom. The molecule has 1 aromatic rings. The van der Waals surface area contributed by atoms with Gasteiger partial charge in [-0.05, 0) is 44.0 Å². The Morgan fingerprint density at radius 2 is 2.06 bits per heavy atom. The van der Waals surface area contributed by atoms with E-state index in [-0.39, 0.29) is 11.9 Å². The summed E-state index contributed by atoms with van der Waals surface area (Å²) in [4.78, 5) is 0. The van der Waals surface area contributed by atoms with Crippen LogP contribution in [0.1, 0.15) is 19.4 Å². The number of ether oxygens (including phenoxy) is 3. The Hall–Kier alpha value is -1.26. The Labute approximate surface area is 107 Å². The zero-order valence-corrected chi connectivity index (χ0v) is 10.9. The second-order valence-electron chi connectivity index (χ2n) is 4.89. The molecule has 4 heteroatoms. The van der Waals surface area contributed by atoms with E-state index < -0.39 is 0 Å². The monoisotopic (exact) mass is 252 g/mol. The molecular weight excluding hydrogens is 232 g/mol. The smallest absolute Gasteiger partial charge is 0.146 e. The molecule has 0 saturated carbocycles. The maximum Gasteiger partial charge on any atom is 0.146 e. The lowest BCUT2D eigenvalue weighted by Crippen LogP contribution is -2.26. The number of phenols is 1. The molecule has 0 spiro atoms. The zero-order chi connectivity index (χ0) is 13.0. The first kappa shape index (κ1) is 13.2. The van der Waals surface area contributed by atoms with Gasteiger partial charge in [0.25, 0.3) is 0 Å². The van der Waals surface area contributed by atoms with Crippen molar-refractivity contribution in [3.8, 4) is 11.5 Å². The van der Waals surface area contributed by atoms with Crippen molar-refractivity contribution in [1.82, 2.24) is 0 Å². The third-order valence-electron chi connectivity index (χ3n) is 2.79. The third-order valence-corrected chi connectivity index (χ3v) is 2.79. The number of hydrogen-bond acceptors (Lipinski definition) is 4. The van der Waals surface area contributed by atoms with Gasteiger partial charge >= 0.3 is 0 Å². The number of hydrogen-bond donors (Lipinski definition) is 1. The van der Waals surface area contributed by atoms with E-state index in [1.807, 2.05) is 19.9 Å². The number of phenolic OH excluding ortho intramolecular Hbond substituents is 1. The predicted octanol–water partition coefficient (Wildman–Crippen LogP) is 2.34. The number of aromatic hydroxyl groups is 1. The summed E-state index contributed by atoms with van der Waals surface area (Å²) in [6, 6.07) is 5.22. The lowest BCUT2D eigenvalue weighted by molar-refractivity contribution is -0.125. The Kier molecular flexibility index (Phi) is 4.44. The number of benzene rings is 1. The van der Waals surface area contributed by atoms with Gasteiger partial charge < -0.3 is 19.3 Å². The van der Waals surface area contributed by atoms with E-state index in [1.54, 1.807) is 12.1 Å². The van der Waals surface area contributed by atoms with Crippen molar-refractivity contribution in [3.05, 3.63) is 23.8 Å². The van der Waals surface area contributed by atoms with Crippen molar-refractivity contribution in [2.75, 3.05) is 20.0 Å². The molecule has 18 heavy (non-hydrogen) atoms. The molecule has 0 radical (unpaired) electrons. The predicted molar refractivity (Wildman–Crippen MR) is 67.8 cm³/mol. The summed E-state index contributed by atoms with van der Waals surface area (Å²) in [5.41, 5.74) is 1.00. The highest BCUT2D eigenvalue weighted by Gasteiger charge is 2.18. The lowest BCUT2D eigenvalue weighted by Gasteiger charge is -2.23. The first-order valence-corrected chi connectivity index (χ1v) is 6.29. The quantitative estimate of drug-likeness (QED) is 0.893. The van der Waals surface area contributed by atoms with Crippen LogP contribution in [-0.4, -0.2) is 31.2 Å². The van der Waals surface area contributed by atoms with E-state index in [4.69, 9.17) is 14.2 Å². The molecule has 4 nitrogen and oxygen atoms in total. The van der Waals surface area contributed by atoms with Crippen LogP contribution in [0, 0.1) is 5.92 Å². The van der Waals surface area contributed by atoms with E-state index in [9.17, 15) is 5.11 Å². The first-order valence-electron chi connectivity index (χ1n) is 6.29. The minimum Gasteiger partial charge on any atom is -0.508 e. The molecule has 0 amide bonds. The van der Waals surface area contributed by atoms with Crippen LogP contribution in [0.5, 0.6) is 11.5 Å². The summed E-state index contributed by atoms with van der Waals surface area (Å²) >= 11 is 0. The largest absolute Gasteiger partial charge is 0.508 e. The summed E-state index contributed by atoms with van der Waals surface area (Å²) in [7, 11) is 0. The fourth-order valence-electron chi connectivity index (χ4n) is 2.06. The van der Waals surface area contributed by atoms with Crippen LogP contribution in [0.3, 0.4) is 0 Å². The van der Waals surface area contributed by atoms with Gasteiger partial charge in [-0.25, -0.2) is 0 Å². The van der Waals surface area contributed by atoms with E-state index in [0.29, 0.717) is 25.9 Å². The average molecular weight is 252 g/mol. The first-order chi connectivity index (χ1) is 8.65. The van der Waals surface area contributed by atoms with Crippen LogP contribution >= 0.6 is 0 Å². The number of rotatable bonds is 4. The minimum absolute atomic E-state index is 0.118. The highest BCUT2D eigenvalue weighted by atomic mass is 16.7. The Morgan fingerprint density at radius 3 is 2.72 bits per heavy atom. The van der Waals surface area contributed by atoms with Crippen LogP contribution in [-0.2, 0) is 15.9 Å². The molecule has 0 aliphatic carbocycles. The van der Waals surface area contributed by atoms with Gasteiger partial charge in [0.1, 0.15) is 18.3 Å². The SMILES string of the molecule is CC(C)Oc1ccc(O)cc1CC1COCOC1. The summed E-state index contributed by atoms with van der Waals surface area (Å²) in [6.07, 6.45) is 0.906. The van der Waals surface area contributed by atoms with Gasteiger partial charge in [0.2, 0.25) is 0 Å².